The molecule has 0 saturated carbocycles. The molecule has 0 aromatic heterocycles. The van der Waals surface area contributed by atoms with Crippen LogP contribution in [-0.4, -0.2) is 22.2 Å². The van der Waals surface area contributed by atoms with Crippen molar-refractivity contribution in [2.45, 2.75) is 136 Å². The predicted molar refractivity (Wildman–Crippen MR) is 117 cm³/mol. The first kappa shape index (κ1) is 26.9. The van der Waals surface area contributed by atoms with Crippen LogP contribution in [0.25, 0.3) is 0 Å². The van der Waals surface area contributed by atoms with Crippen molar-refractivity contribution >= 4 is 11.9 Å². The van der Waals surface area contributed by atoms with Crippen LogP contribution in [0, 0.1) is 5.41 Å². The Bertz CT molecular complexity index is 372. The van der Waals surface area contributed by atoms with Crippen LogP contribution in [-0.2, 0) is 9.59 Å². The van der Waals surface area contributed by atoms with Gasteiger partial charge in [-0.1, -0.05) is 117 Å². The summed E-state index contributed by atoms with van der Waals surface area (Å²) >= 11 is 0. The van der Waals surface area contributed by atoms with Crippen molar-refractivity contribution in [3.05, 3.63) is 0 Å². The van der Waals surface area contributed by atoms with Crippen molar-refractivity contribution in [3.8, 4) is 0 Å². The van der Waals surface area contributed by atoms with E-state index in [1.807, 2.05) is 0 Å². The molecule has 0 aliphatic carbocycles. The average molecular weight is 399 g/mol. The van der Waals surface area contributed by atoms with Crippen LogP contribution >= 0.6 is 0 Å². The van der Waals surface area contributed by atoms with Crippen LogP contribution in [0.4, 0.5) is 0 Å². The summed E-state index contributed by atoms with van der Waals surface area (Å²) in [5.41, 5.74) is -1.07. The standard InChI is InChI=1S/C24H46O4/c1-3-5-7-9-11-13-15-17-19-24(23(27)28,21-22(25)26)20-18-16-14-12-10-8-6-4-2/h3-21H2,1-2H3,(H,25,26)(H,27,28). The summed E-state index contributed by atoms with van der Waals surface area (Å²) in [5.74, 6) is -1.90. The van der Waals surface area contributed by atoms with Gasteiger partial charge in [-0.3, -0.25) is 9.59 Å². The van der Waals surface area contributed by atoms with Gasteiger partial charge in [-0.05, 0) is 12.8 Å². The number of aliphatic carboxylic acids is 2. The lowest BCUT2D eigenvalue weighted by molar-refractivity contribution is -0.157. The monoisotopic (exact) mass is 398 g/mol. The summed E-state index contributed by atoms with van der Waals surface area (Å²) in [5, 5.41) is 19.1. The van der Waals surface area contributed by atoms with Crippen LogP contribution in [0.5, 0.6) is 0 Å². The molecular formula is C24H46O4. The number of hydrogen-bond donors (Lipinski definition) is 2. The molecule has 2 N–H and O–H groups in total. The molecule has 0 aliphatic rings. The molecule has 0 atom stereocenters. The van der Waals surface area contributed by atoms with Gasteiger partial charge < -0.3 is 10.2 Å². The lowest BCUT2D eigenvalue weighted by Crippen LogP contribution is -2.33. The molecule has 4 nitrogen and oxygen atoms in total. The van der Waals surface area contributed by atoms with E-state index in [2.05, 4.69) is 13.8 Å². The average Bonchev–Trinajstić information content (AvgIpc) is 2.65. The van der Waals surface area contributed by atoms with Crippen molar-refractivity contribution < 1.29 is 19.8 Å². The van der Waals surface area contributed by atoms with E-state index in [-0.39, 0.29) is 6.42 Å². The molecule has 0 amide bonds. The molecule has 28 heavy (non-hydrogen) atoms. The van der Waals surface area contributed by atoms with Crippen LogP contribution < -0.4 is 0 Å². The van der Waals surface area contributed by atoms with Crippen molar-refractivity contribution in [3.63, 3.8) is 0 Å². The van der Waals surface area contributed by atoms with Gasteiger partial charge in [-0.25, -0.2) is 0 Å². The third-order valence-electron chi connectivity index (χ3n) is 5.96. The zero-order chi connectivity index (χ0) is 21.1. The third kappa shape index (κ3) is 14.0. The zero-order valence-corrected chi connectivity index (χ0v) is 18.6. The van der Waals surface area contributed by atoms with Gasteiger partial charge in [-0.15, -0.1) is 0 Å². The highest BCUT2D eigenvalue weighted by molar-refractivity contribution is 5.81. The van der Waals surface area contributed by atoms with E-state index in [1.54, 1.807) is 0 Å². The second-order valence-corrected chi connectivity index (χ2v) is 8.61. The summed E-state index contributed by atoms with van der Waals surface area (Å²) in [6.07, 6.45) is 19.3. The largest absolute Gasteiger partial charge is 0.481 e. The maximum atomic E-state index is 12.0. The Morgan fingerprint density at radius 2 is 0.893 bits per heavy atom. The highest BCUT2D eigenvalue weighted by atomic mass is 16.4. The highest BCUT2D eigenvalue weighted by Gasteiger charge is 2.39. The summed E-state index contributed by atoms with van der Waals surface area (Å²) in [6, 6.07) is 0. The fourth-order valence-electron chi connectivity index (χ4n) is 4.08. The minimum Gasteiger partial charge on any atom is -0.481 e. The first-order valence-corrected chi connectivity index (χ1v) is 11.9. The van der Waals surface area contributed by atoms with Gasteiger partial charge in [0.05, 0.1) is 11.8 Å². The van der Waals surface area contributed by atoms with Gasteiger partial charge >= 0.3 is 11.9 Å². The van der Waals surface area contributed by atoms with Crippen LogP contribution in [0.2, 0.25) is 0 Å². The highest BCUT2D eigenvalue weighted by Crippen LogP contribution is 2.36. The predicted octanol–water partition coefficient (Wildman–Crippen LogP) is 7.59. The molecular weight excluding hydrogens is 352 g/mol. The molecule has 0 rings (SSSR count). The van der Waals surface area contributed by atoms with Crippen LogP contribution in [0.3, 0.4) is 0 Å². The second-order valence-electron chi connectivity index (χ2n) is 8.61. The summed E-state index contributed by atoms with van der Waals surface area (Å²) in [7, 11) is 0. The number of rotatable bonds is 21. The Morgan fingerprint density at radius 1 is 0.571 bits per heavy atom. The van der Waals surface area contributed by atoms with Crippen molar-refractivity contribution in [1.82, 2.24) is 0 Å². The summed E-state index contributed by atoms with van der Waals surface area (Å²) in [4.78, 5) is 23.3. The molecule has 0 bridgehead atoms. The molecule has 0 heterocycles. The molecule has 4 heteroatoms. The van der Waals surface area contributed by atoms with E-state index in [0.717, 1.165) is 38.5 Å². The van der Waals surface area contributed by atoms with Crippen molar-refractivity contribution in [1.29, 1.82) is 0 Å². The molecule has 0 radical (unpaired) electrons. The molecule has 0 aliphatic heterocycles. The van der Waals surface area contributed by atoms with Gasteiger partial charge in [0, 0.05) is 0 Å². The molecule has 0 saturated heterocycles. The number of unbranched alkanes of at least 4 members (excludes halogenated alkanes) is 14. The number of carbonyl (C=O) groups is 2. The van der Waals surface area contributed by atoms with E-state index < -0.39 is 17.4 Å². The van der Waals surface area contributed by atoms with Crippen molar-refractivity contribution in [2.24, 2.45) is 5.41 Å². The topological polar surface area (TPSA) is 74.6 Å². The van der Waals surface area contributed by atoms with E-state index in [0.29, 0.717) is 12.8 Å². The van der Waals surface area contributed by atoms with E-state index in [9.17, 15) is 19.8 Å². The Balaban J connectivity index is 4.25. The number of carboxylic acids is 2. The lowest BCUT2D eigenvalue weighted by atomic mass is 9.75. The van der Waals surface area contributed by atoms with Gasteiger partial charge in [-0.2, -0.15) is 0 Å². The normalized spacial score (nSPS) is 11.6. The molecule has 0 unspecified atom stereocenters. The molecule has 0 aromatic rings. The lowest BCUT2D eigenvalue weighted by Gasteiger charge is -2.28. The molecule has 0 spiro atoms. The minimum absolute atomic E-state index is 0.241. The Labute approximate surface area is 173 Å². The van der Waals surface area contributed by atoms with Gasteiger partial charge in [0.1, 0.15) is 0 Å². The fourth-order valence-corrected chi connectivity index (χ4v) is 4.08. The minimum atomic E-state index is -1.07. The summed E-state index contributed by atoms with van der Waals surface area (Å²) in [6.45, 7) is 4.42. The molecule has 0 fully saturated rings. The van der Waals surface area contributed by atoms with Gasteiger partial charge in [0.15, 0.2) is 0 Å². The fraction of sp³-hybridized carbons (Fsp3) is 0.917. The maximum absolute atomic E-state index is 12.0. The quantitative estimate of drug-likeness (QED) is 0.195. The van der Waals surface area contributed by atoms with Crippen molar-refractivity contribution in [2.75, 3.05) is 0 Å². The first-order chi connectivity index (χ1) is 13.5. The Hall–Kier alpha value is -1.06. The second kappa shape index (κ2) is 18.0. The first-order valence-electron chi connectivity index (χ1n) is 11.9. The third-order valence-corrected chi connectivity index (χ3v) is 5.96. The Kier molecular flexibility index (Phi) is 17.3. The van der Waals surface area contributed by atoms with Crippen LogP contribution in [0.15, 0.2) is 0 Å². The van der Waals surface area contributed by atoms with Crippen LogP contribution in [0.1, 0.15) is 136 Å². The van der Waals surface area contributed by atoms with E-state index in [4.69, 9.17) is 0 Å². The number of hydrogen-bond acceptors (Lipinski definition) is 2. The zero-order valence-electron chi connectivity index (χ0n) is 18.6. The van der Waals surface area contributed by atoms with E-state index in [1.165, 1.54) is 64.2 Å². The van der Waals surface area contributed by atoms with E-state index >= 15 is 0 Å². The van der Waals surface area contributed by atoms with Gasteiger partial charge in [0.25, 0.3) is 0 Å². The smallest absolute Gasteiger partial charge is 0.310 e. The molecule has 0 aromatic carbocycles. The Morgan fingerprint density at radius 3 is 1.18 bits per heavy atom. The molecule has 166 valence electrons. The van der Waals surface area contributed by atoms with Gasteiger partial charge in [0.2, 0.25) is 0 Å². The maximum Gasteiger partial charge on any atom is 0.310 e. The number of carboxylic acid groups (broad SMARTS) is 2. The SMILES string of the molecule is CCCCCCCCCCC(CCCCCCCCCC)(CC(=O)O)C(=O)O. The summed E-state index contributed by atoms with van der Waals surface area (Å²) < 4.78 is 0.